The van der Waals surface area contributed by atoms with Crippen molar-refractivity contribution in [3.05, 3.63) is 59.9 Å². The molecule has 0 atom stereocenters. The van der Waals surface area contributed by atoms with E-state index in [9.17, 15) is 0 Å². The summed E-state index contributed by atoms with van der Waals surface area (Å²) in [5.74, 6) is 1.72. The van der Waals surface area contributed by atoms with Crippen LogP contribution in [0.5, 0.6) is 5.75 Å². The highest BCUT2D eigenvalue weighted by atomic mass is 16.5. The highest BCUT2D eigenvalue weighted by Gasteiger charge is 2.00. The van der Waals surface area contributed by atoms with Crippen molar-refractivity contribution in [3.63, 3.8) is 0 Å². The molecule has 0 saturated carbocycles. The highest BCUT2D eigenvalue weighted by molar-refractivity contribution is 5.79. The number of guanidine groups is 1. The summed E-state index contributed by atoms with van der Waals surface area (Å²) in [4.78, 5) is 8.99. The van der Waals surface area contributed by atoms with Crippen LogP contribution in [-0.2, 0) is 13.0 Å². The van der Waals surface area contributed by atoms with Gasteiger partial charge >= 0.3 is 0 Å². The lowest BCUT2D eigenvalue weighted by atomic mass is 10.2. The summed E-state index contributed by atoms with van der Waals surface area (Å²) >= 11 is 0. The number of aromatic nitrogens is 1. The molecule has 25 heavy (non-hydrogen) atoms. The third-order valence-electron chi connectivity index (χ3n) is 3.54. The van der Waals surface area contributed by atoms with Gasteiger partial charge in [0.2, 0.25) is 0 Å². The average Bonchev–Trinajstić information content (AvgIpc) is 2.65. The van der Waals surface area contributed by atoms with Gasteiger partial charge in [-0.2, -0.15) is 0 Å². The van der Waals surface area contributed by atoms with Gasteiger partial charge in [0.15, 0.2) is 5.96 Å². The highest BCUT2D eigenvalue weighted by Crippen LogP contribution is 2.14. The monoisotopic (exact) mass is 340 g/mol. The van der Waals surface area contributed by atoms with E-state index in [2.05, 4.69) is 46.6 Å². The molecule has 0 radical (unpaired) electrons. The number of hydrogen-bond acceptors (Lipinski definition) is 3. The lowest BCUT2D eigenvalue weighted by Crippen LogP contribution is -2.38. The first-order valence-corrected chi connectivity index (χ1v) is 8.95. The number of ether oxygens (including phenoxy) is 1. The van der Waals surface area contributed by atoms with Gasteiger partial charge in [0, 0.05) is 31.4 Å². The van der Waals surface area contributed by atoms with Gasteiger partial charge in [-0.1, -0.05) is 25.1 Å². The fourth-order valence-electron chi connectivity index (χ4n) is 2.32. The minimum Gasteiger partial charge on any atom is -0.494 e. The SMILES string of the molecule is CCCOc1cccc(CN=C(NCC)NCCc2ccccn2)c1. The second-order valence-corrected chi connectivity index (χ2v) is 5.69. The molecule has 2 N–H and O–H groups in total. The first kappa shape index (κ1) is 18.8. The fourth-order valence-corrected chi connectivity index (χ4v) is 2.32. The molecular formula is C20H28N4O. The second kappa shape index (κ2) is 11.1. The third-order valence-corrected chi connectivity index (χ3v) is 3.54. The van der Waals surface area contributed by atoms with Gasteiger partial charge in [0.05, 0.1) is 13.2 Å². The van der Waals surface area contributed by atoms with Crippen molar-refractivity contribution in [2.45, 2.75) is 33.2 Å². The molecule has 0 aliphatic heterocycles. The second-order valence-electron chi connectivity index (χ2n) is 5.69. The number of benzene rings is 1. The maximum absolute atomic E-state index is 5.68. The maximum Gasteiger partial charge on any atom is 0.191 e. The average molecular weight is 340 g/mol. The van der Waals surface area contributed by atoms with E-state index in [1.807, 2.05) is 36.5 Å². The zero-order valence-corrected chi connectivity index (χ0v) is 15.2. The van der Waals surface area contributed by atoms with E-state index in [1.54, 1.807) is 0 Å². The zero-order chi connectivity index (χ0) is 17.7. The van der Waals surface area contributed by atoms with Crippen LogP contribution in [0.15, 0.2) is 53.7 Å². The van der Waals surface area contributed by atoms with E-state index >= 15 is 0 Å². The van der Waals surface area contributed by atoms with Crippen LogP contribution in [0.25, 0.3) is 0 Å². The summed E-state index contributed by atoms with van der Waals surface area (Å²) < 4.78 is 5.68. The fraction of sp³-hybridized carbons (Fsp3) is 0.400. The van der Waals surface area contributed by atoms with Crippen molar-refractivity contribution in [2.75, 3.05) is 19.7 Å². The van der Waals surface area contributed by atoms with Crippen LogP contribution < -0.4 is 15.4 Å². The predicted octanol–water partition coefficient (Wildman–Crippen LogP) is 3.17. The van der Waals surface area contributed by atoms with E-state index in [4.69, 9.17) is 4.74 Å². The molecule has 5 heteroatoms. The van der Waals surface area contributed by atoms with Gasteiger partial charge in [0.25, 0.3) is 0 Å². The zero-order valence-electron chi connectivity index (χ0n) is 15.2. The van der Waals surface area contributed by atoms with Crippen LogP contribution in [0.3, 0.4) is 0 Å². The van der Waals surface area contributed by atoms with Crippen LogP contribution in [-0.4, -0.2) is 30.6 Å². The standard InChI is InChI=1S/C20H28N4O/c1-3-14-25-19-10-7-8-17(15-19)16-24-20(21-4-2)23-13-11-18-9-5-6-12-22-18/h5-10,12,15H,3-4,11,13-14,16H2,1-2H3,(H2,21,23,24). The molecule has 0 amide bonds. The van der Waals surface area contributed by atoms with Crippen molar-refractivity contribution < 1.29 is 4.74 Å². The summed E-state index contributed by atoms with van der Waals surface area (Å²) in [6, 6.07) is 14.1. The van der Waals surface area contributed by atoms with E-state index in [0.717, 1.165) is 55.5 Å². The van der Waals surface area contributed by atoms with E-state index in [0.29, 0.717) is 6.54 Å². The van der Waals surface area contributed by atoms with Crippen LogP contribution in [0.1, 0.15) is 31.5 Å². The number of hydrogen-bond donors (Lipinski definition) is 2. The Labute approximate surface area is 150 Å². The van der Waals surface area contributed by atoms with Crippen molar-refractivity contribution in [1.29, 1.82) is 0 Å². The molecule has 0 aliphatic rings. The molecule has 2 aromatic rings. The number of rotatable bonds is 9. The molecule has 5 nitrogen and oxygen atoms in total. The predicted molar refractivity (Wildman–Crippen MR) is 103 cm³/mol. The van der Waals surface area contributed by atoms with Gasteiger partial charge < -0.3 is 15.4 Å². The lowest BCUT2D eigenvalue weighted by Gasteiger charge is -2.11. The van der Waals surface area contributed by atoms with Crippen LogP contribution >= 0.6 is 0 Å². The molecule has 0 spiro atoms. The summed E-state index contributed by atoms with van der Waals surface area (Å²) in [5.41, 5.74) is 2.21. The molecule has 1 aromatic heterocycles. The Kier molecular flexibility index (Phi) is 8.32. The number of pyridine rings is 1. The largest absolute Gasteiger partial charge is 0.494 e. The lowest BCUT2D eigenvalue weighted by molar-refractivity contribution is 0.317. The number of aliphatic imine (C=N–C) groups is 1. The Hall–Kier alpha value is -2.56. The van der Waals surface area contributed by atoms with Crippen molar-refractivity contribution in [3.8, 4) is 5.75 Å². The smallest absolute Gasteiger partial charge is 0.191 e. The summed E-state index contributed by atoms with van der Waals surface area (Å²) in [5, 5.41) is 6.63. The first-order chi connectivity index (χ1) is 12.3. The Bertz CT molecular complexity index is 643. The van der Waals surface area contributed by atoms with Gasteiger partial charge in [-0.05, 0) is 43.2 Å². The normalized spacial score (nSPS) is 11.2. The molecule has 0 bridgehead atoms. The molecule has 2 rings (SSSR count). The molecule has 0 aliphatic carbocycles. The van der Waals surface area contributed by atoms with Gasteiger partial charge in [-0.15, -0.1) is 0 Å². The minimum atomic E-state index is 0.613. The van der Waals surface area contributed by atoms with Crippen molar-refractivity contribution in [1.82, 2.24) is 15.6 Å². The summed E-state index contributed by atoms with van der Waals surface area (Å²) in [6.45, 7) is 7.15. The number of nitrogens with zero attached hydrogens (tertiary/aromatic N) is 2. The van der Waals surface area contributed by atoms with Gasteiger partial charge in [-0.3, -0.25) is 4.98 Å². The maximum atomic E-state index is 5.68. The Morgan fingerprint density at radius 1 is 1.12 bits per heavy atom. The Balaban J connectivity index is 1.88. The summed E-state index contributed by atoms with van der Waals surface area (Å²) in [6.07, 6.45) is 3.70. The summed E-state index contributed by atoms with van der Waals surface area (Å²) in [7, 11) is 0. The quantitative estimate of drug-likeness (QED) is 0.544. The van der Waals surface area contributed by atoms with Crippen molar-refractivity contribution in [2.24, 2.45) is 4.99 Å². The first-order valence-electron chi connectivity index (χ1n) is 8.95. The van der Waals surface area contributed by atoms with Crippen molar-refractivity contribution >= 4 is 5.96 Å². The topological polar surface area (TPSA) is 58.5 Å². The Morgan fingerprint density at radius 3 is 2.80 bits per heavy atom. The van der Waals surface area contributed by atoms with Gasteiger partial charge in [0.1, 0.15) is 5.75 Å². The van der Waals surface area contributed by atoms with E-state index in [1.165, 1.54) is 0 Å². The van der Waals surface area contributed by atoms with Gasteiger partial charge in [-0.25, -0.2) is 4.99 Å². The molecule has 0 saturated heterocycles. The van der Waals surface area contributed by atoms with E-state index < -0.39 is 0 Å². The minimum absolute atomic E-state index is 0.613. The number of nitrogens with one attached hydrogen (secondary N) is 2. The molecule has 134 valence electrons. The molecule has 0 unspecified atom stereocenters. The molecule has 1 aromatic carbocycles. The third kappa shape index (κ3) is 7.25. The molecule has 1 heterocycles. The molecule has 0 fully saturated rings. The van der Waals surface area contributed by atoms with Crippen LogP contribution in [0.2, 0.25) is 0 Å². The van der Waals surface area contributed by atoms with E-state index in [-0.39, 0.29) is 0 Å². The molecular weight excluding hydrogens is 312 g/mol. The Morgan fingerprint density at radius 2 is 2.04 bits per heavy atom. The van der Waals surface area contributed by atoms with Crippen LogP contribution in [0.4, 0.5) is 0 Å². The van der Waals surface area contributed by atoms with Crippen LogP contribution in [0, 0.1) is 0 Å².